The van der Waals surface area contributed by atoms with Crippen molar-refractivity contribution < 1.29 is 19.1 Å². The van der Waals surface area contributed by atoms with Crippen LogP contribution in [0.5, 0.6) is 5.75 Å². The summed E-state index contributed by atoms with van der Waals surface area (Å²) in [6, 6.07) is 13.2. The first-order chi connectivity index (χ1) is 15.3. The monoisotopic (exact) mass is 436 g/mol. The highest BCUT2D eigenvalue weighted by atomic mass is 16.5. The van der Waals surface area contributed by atoms with Crippen molar-refractivity contribution in [2.75, 3.05) is 32.8 Å². The fourth-order valence-corrected chi connectivity index (χ4v) is 3.72. The van der Waals surface area contributed by atoms with E-state index in [9.17, 15) is 14.4 Å². The average molecular weight is 437 g/mol. The topological polar surface area (TPSA) is 66.9 Å². The lowest BCUT2D eigenvalue weighted by Gasteiger charge is -2.22. The molecule has 170 valence electrons. The van der Waals surface area contributed by atoms with E-state index in [0.29, 0.717) is 43.9 Å². The molecule has 2 aromatic rings. The van der Waals surface area contributed by atoms with Crippen molar-refractivity contribution in [1.82, 2.24) is 9.80 Å². The molecule has 0 bridgehead atoms. The number of hydrogen-bond acceptors (Lipinski definition) is 4. The Labute approximate surface area is 190 Å². The Morgan fingerprint density at radius 3 is 2.09 bits per heavy atom. The molecule has 1 aliphatic heterocycles. The fourth-order valence-electron chi connectivity index (χ4n) is 3.72. The minimum Gasteiger partial charge on any atom is -0.484 e. The summed E-state index contributed by atoms with van der Waals surface area (Å²) in [6.45, 7) is 8.16. The Kier molecular flexibility index (Phi) is 8.03. The Morgan fingerprint density at radius 2 is 1.44 bits per heavy atom. The zero-order chi connectivity index (χ0) is 23.1. The second-order valence-electron chi connectivity index (χ2n) is 8.44. The summed E-state index contributed by atoms with van der Waals surface area (Å²) >= 11 is 0. The highest BCUT2D eigenvalue weighted by Gasteiger charge is 2.23. The van der Waals surface area contributed by atoms with Crippen molar-refractivity contribution in [1.29, 1.82) is 0 Å². The number of carbonyl (C=O) groups excluding carboxylic acids is 3. The summed E-state index contributed by atoms with van der Waals surface area (Å²) in [5.74, 6) is 0.554. The Bertz CT molecular complexity index is 968. The zero-order valence-corrected chi connectivity index (χ0v) is 19.2. The van der Waals surface area contributed by atoms with Gasteiger partial charge >= 0.3 is 0 Å². The molecule has 1 heterocycles. The summed E-state index contributed by atoms with van der Waals surface area (Å²) in [5, 5.41) is 0. The predicted octanol–water partition coefficient (Wildman–Crippen LogP) is 3.71. The lowest BCUT2D eigenvalue weighted by molar-refractivity contribution is -0.134. The predicted molar refractivity (Wildman–Crippen MR) is 124 cm³/mol. The number of hydrogen-bond donors (Lipinski definition) is 0. The molecule has 6 heteroatoms. The van der Waals surface area contributed by atoms with Gasteiger partial charge in [-0.05, 0) is 50.5 Å². The number of Topliss-reactive ketones (excluding diaryl/α,β-unsaturated/α-hetero) is 1. The molecule has 0 aliphatic carbocycles. The van der Waals surface area contributed by atoms with Crippen LogP contribution in [-0.2, 0) is 9.59 Å². The van der Waals surface area contributed by atoms with Gasteiger partial charge in [0.2, 0.25) is 5.91 Å². The largest absolute Gasteiger partial charge is 0.484 e. The highest BCUT2D eigenvalue weighted by molar-refractivity contribution is 5.98. The molecule has 0 unspecified atom stereocenters. The van der Waals surface area contributed by atoms with Gasteiger partial charge in [-0.1, -0.05) is 35.9 Å². The maximum atomic E-state index is 12.6. The summed E-state index contributed by atoms with van der Waals surface area (Å²) in [4.78, 5) is 41.1. The molecule has 1 aliphatic rings. The smallest absolute Gasteiger partial charge is 0.260 e. The first kappa shape index (κ1) is 23.5. The first-order valence-corrected chi connectivity index (χ1v) is 11.2. The molecule has 32 heavy (non-hydrogen) atoms. The van der Waals surface area contributed by atoms with Gasteiger partial charge in [0.1, 0.15) is 5.75 Å². The van der Waals surface area contributed by atoms with Gasteiger partial charge in [-0.3, -0.25) is 14.4 Å². The molecule has 3 rings (SSSR count). The van der Waals surface area contributed by atoms with Crippen LogP contribution in [0.15, 0.2) is 42.5 Å². The second kappa shape index (κ2) is 10.9. The van der Waals surface area contributed by atoms with Gasteiger partial charge < -0.3 is 14.5 Å². The van der Waals surface area contributed by atoms with Gasteiger partial charge in [0, 0.05) is 44.6 Å². The third-order valence-corrected chi connectivity index (χ3v) is 5.98. The third kappa shape index (κ3) is 6.42. The summed E-state index contributed by atoms with van der Waals surface area (Å²) in [6.07, 6.45) is 1.11. The number of carbonyl (C=O) groups is 3. The van der Waals surface area contributed by atoms with Crippen LogP contribution in [0, 0.1) is 20.8 Å². The first-order valence-electron chi connectivity index (χ1n) is 11.2. The molecular weight excluding hydrogens is 404 g/mol. The molecule has 1 saturated heterocycles. The molecule has 0 aromatic heterocycles. The average Bonchev–Trinajstić information content (AvgIpc) is 3.05. The number of ether oxygens (including phenoxy) is 1. The van der Waals surface area contributed by atoms with Crippen LogP contribution in [-0.4, -0.2) is 60.2 Å². The van der Waals surface area contributed by atoms with Crippen molar-refractivity contribution in [3.8, 4) is 5.75 Å². The van der Waals surface area contributed by atoms with Crippen LogP contribution >= 0.6 is 0 Å². The lowest BCUT2D eigenvalue weighted by Crippen LogP contribution is -2.39. The van der Waals surface area contributed by atoms with Gasteiger partial charge in [-0.2, -0.15) is 0 Å². The number of benzene rings is 2. The molecule has 0 N–H and O–H groups in total. The molecule has 2 aromatic carbocycles. The second-order valence-corrected chi connectivity index (χ2v) is 8.44. The number of aryl methyl sites for hydroxylation is 3. The molecule has 0 atom stereocenters. The van der Waals surface area contributed by atoms with Gasteiger partial charge in [-0.25, -0.2) is 0 Å². The standard InChI is InChI=1S/C26H32N2O4/c1-19-5-8-22(9-6-19)24(29)11-12-25(30)27-13-4-14-28(16-15-27)26(31)18-32-23-10-7-20(2)21(3)17-23/h5-10,17H,4,11-16,18H2,1-3H3. The number of nitrogens with zero attached hydrogens (tertiary/aromatic N) is 2. The van der Waals surface area contributed by atoms with Crippen LogP contribution in [0.4, 0.5) is 0 Å². The van der Waals surface area contributed by atoms with Crippen molar-refractivity contribution in [2.24, 2.45) is 0 Å². The van der Waals surface area contributed by atoms with E-state index < -0.39 is 0 Å². The zero-order valence-electron chi connectivity index (χ0n) is 19.2. The van der Waals surface area contributed by atoms with Crippen molar-refractivity contribution in [2.45, 2.75) is 40.0 Å². The Hall–Kier alpha value is -3.15. The van der Waals surface area contributed by atoms with E-state index in [1.165, 1.54) is 5.56 Å². The Morgan fingerprint density at radius 1 is 0.781 bits per heavy atom. The van der Waals surface area contributed by atoms with Gasteiger partial charge in [0.15, 0.2) is 12.4 Å². The SMILES string of the molecule is Cc1ccc(C(=O)CCC(=O)N2CCCN(C(=O)COc3ccc(C)c(C)c3)CC2)cc1. The van der Waals surface area contributed by atoms with Crippen LogP contribution in [0.25, 0.3) is 0 Å². The third-order valence-electron chi connectivity index (χ3n) is 5.98. The van der Waals surface area contributed by atoms with E-state index in [0.717, 1.165) is 11.1 Å². The summed E-state index contributed by atoms with van der Waals surface area (Å²) in [7, 11) is 0. The van der Waals surface area contributed by atoms with E-state index in [2.05, 4.69) is 0 Å². The molecule has 6 nitrogen and oxygen atoms in total. The highest BCUT2D eigenvalue weighted by Crippen LogP contribution is 2.17. The molecule has 0 radical (unpaired) electrons. The Balaban J connectivity index is 1.44. The van der Waals surface area contributed by atoms with E-state index in [1.54, 1.807) is 21.9 Å². The number of amides is 2. The van der Waals surface area contributed by atoms with E-state index in [1.807, 2.05) is 51.1 Å². The van der Waals surface area contributed by atoms with Gasteiger partial charge in [0.05, 0.1) is 0 Å². The minimum absolute atomic E-state index is 0.0124. The quantitative estimate of drug-likeness (QED) is 0.621. The van der Waals surface area contributed by atoms with Crippen LogP contribution in [0.1, 0.15) is 46.3 Å². The normalized spacial score (nSPS) is 14.1. The molecular formula is C26H32N2O4. The van der Waals surface area contributed by atoms with E-state index in [-0.39, 0.29) is 37.0 Å². The van der Waals surface area contributed by atoms with E-state index in [4.69, 9.17) is 4.74 Å². The minimum atomic E-state index is -0.0768. The van der Waals surface area contributed by atoms with Crippen LogP contribution in [0.2, 0.25) is 0 Å². The molecule has 0 saturated carbocycles. The maximum Gasteiger partial charge on any atom is 0.260 e. The molecule has 2 amide bonds. The molecule has 1 fully saturated rings. The maximum absolute atomic E-state index is 12.6. The van der Waals surface area contributed by atoms with Gasteiger partial charge in [-0.15, -0.1) is 0 Å². The van der Waals surface area contributed by atoms with Crippen molar-refractivity contribution >= 4 is 17.6 Å². The lowest BCUT2D eigenvalue weighted by atomic mass is 10.0. The fraction of sp³-hybridized carbons (Fsp3) is 0.423. The van der Waals surface area contributed by atoms with Crippen molar-refractivity contribution in [3.63, 3.8) is 0 Å². The molecule has 0 spiro atoms. The van der Waals surface area contributed by atoms with Crippen LogP contribution < -0.4 is 4.74 Å². The van der Waals surface area contributed by atoms with Crippen LogP contribution in [0.3, 0.4) is 0 Å². The number of rotatable bonds is 7. The van der Waals surface area contributed by atoms with Gasteiger partial charge in [0.25, 0.3) is 5.91 Å². The van der Waals surface area contributed by atoms with E-state index >= 15 is 0 Å². The summed E-state index contributed by atoms with van der Waals surface area (Å²) < 4.78 is 5.68. The summed E-state index contributed by atoms with van der Waals surface area (Å²) in [5.41, 5.74) is 4.04. The number of ketones is 1. The van der Waals surface area contributed by atoms with Crippen molar-refractivity contribution in [3.05, 3.63) is 64.7 Å².